The van der Waals surface area contributed by atoms with Crippen molar-refractivity contribution in [2.45, 2.75) is 24.4 Å². The lowest BCUT2D eigenvalue weighted by molar-refractivity contribution is -0.129. The molecule has 0 bridgehead atoms. The van der Waals surface area contributed by atoms with Gasteiger partial charge in [-0.2, -0.15) is 4.68 Å². The van der Waals surface area contributed by atoms with Crippen LogP contribution in [0.5, 0.6) is 0 Å². The minimum atomic E-state index is -0.178. The van der Waals surface area contributed by atoms with Crippen LogP contribution < -0.4 is 11.0 Å². The molecule has 1 fully saturated rings. The SMILES string of the molecule is O=C(CSc1nc2ccccc2c(=O)n1Nc1ccccc1)N1CCCCC1. The van der Waals surface area contributed by atoms with Crippen LogP contribution in [0.25, 0.3) is 10.9 Å². The number of likely N-dealkylation sites (tertiary alicyclic amines) is 1. The van der Waals surface area contributed by atoms with Gasteiger partial charge in [0.2, 0.25) is 5.91 Å². The number of aromatic nitrogens is 2. The maximum absolute atomic E-state index is 13.1. The van der Waals surface area contributed by atoms with Crippen molar-refractivity contribution < 1.29 is 4.79 Å². The van der Waals surface area contributed by atoms with Crippen molar-refractivity contribution in [3.8, 4) is 0 Å². The Hall–Kier alpha value is -2.80. The Bertz CT molecular complexity index is 1030. The zero-order valence-electron chi connectivity index (χ0n) is 15.5. The monoisotopic (exact) mass is 394 g/mol. The summed E-state index contributed by atoms with van der Waals surface area (Å²) in [5, 5.41) is 1.02. The lowest BCUT2D eigenvalue weighted by Crippen LogP contribution is -2.37. The normalized spacial score (nSPS) is 14.2. The third-order valence-electron chi connectivity index (χ3n) is 4.79. The van der Waals surface area contributed by atoms with Crippen molar-refractivity contribution in [2.24, 2.45) is 0 Å². The molecule has 1 aliphatic heterocycles. The average Bonchev–Trinajstić information content (AvgIpc) is 2.75. The number of carbonyl (C=O) groups excluding carboxylic acids is 1. The summed E-state index contributed by atoms with van der Waals surface area (Å²) in [6.45, 7) is 1.64. The van der Waals surface area contributed by atoms with E-state index in [0.717, 1.165) is 31.6 Å². The predicted octanol–water partition coefficient (Wildman–Crippen LogP) is 3.38. The molecule has 1 aromatic heterocycles. The Balaban J connectivity index is 1.64. The van der Waals surface area contributed by atoms with E-state index >= 15 is 0 Å². The van der Waals surface area contributed by atoms with Crippen molar-refractivity contribution >= 4 is 34.3 Å². The molecule has 1 aliphatic rings. The number of thioether (sulfide) groups is 1. The van der Waals surface area contributed by atoms with Crippen molar-refractivity contribution in [2.75, 3.05) is 24.3 Å². The van der Waals surface area contributed by atoms with E-state index in [0.29, 0.717) is 16.1 Å². The van der Waals surface area contributed by atoms with Gasteiger partial charge < -0.3 is 4.90 Å². The molecule has 0 unspecified atom stereocenters. The first-order valence-corrected chi connectivity index (χ1v) is 10.5. The molecule has 1 N–H and O–H groups in total. The van der Waals surface area contributed by atoms with Crippen molar-refractivity contribution in [3.05, 3.63) is 65.0 Å². The van der Waals surface area contributed by atoms with Crippen LogP contribution in [0.3, 0.4) is 0 Å². The van der Waals surface area contributed by atoms with Crippen LogP contribution in [-0.4, -0.2) is 39.3 Å². The molecular formula is C21H22N4O2S. The second kappa shape index (κ2) is 8.48. The molecule has 6 nitrogen and oxygen atoms in total. The number of nitrogens with zero attached hydrogens (tertiary/aromatic N) is 3. The molecule has 1 amide bonds. The van der Waals surface area contributed by atoms with E-state index in [1.54, 1.807) is 6.07 Å². The number of rotatable bonds is 5. The van der Waals surface area contributed by atoms with Gasteiger partial charge in [0, 0.05) is 13.1 Å². The van der Waals surface area contributed by atoms with Crippen LogP contribution in [0.2, 0.25) is 0 Å². The number of carbonyl (C=O) groups is 1. The molecule has 3 aromatic rings. The van der Waals surface area contributed by atoms with E-state index in [1.165, 1.54) is 22.9 Å². The lowest BCUT2D eigenvalue weighted by Gasteiger charge is -2.26. The van der Waals surface area contributed by atoms with E-state index < -0.39 is 0 Å². The molecule has 1 saturated heterocycles. The Labute approximate surface area is 167 Å². The number of amides is 1. The smallest absolute Gasteiger partial charge is 0.280 e. The maximum atomic E-state index is 13.1. The van der Waals surface area contributed by atoms with Gasteiger partial charge >= 0.3 is 0 Å². The first-order valence-electron chi connectivity index (χ1n) is 9.47. The molecule has 28 heavy (non-hydrogen) atoms. The number of nitrogens with one attached hydrogen (secondary N) is 1. The fourth-order valence-electron chi connectivity index (χ4n) is 3.31. The van der Waals surface area contributed by atoms with Gasteiger partial charge in [0.15, 0.2) is 5.16 Å². The summed E-state index contributed by atoms with van der Waals surface area (Å²) in [5.41, 5.74) is 4.37. The summed E-state index contributed by atoms with van der Waals surface area (Å²) < 4.78 is 1.44. The molecule has 144 valence electrons. The number of piperidine rings is 1. The largest absolute Gasteiger partial charge is 0.342 e. The fourth-order valence-corrected chi connectivity index (χ4v) is 4.17. The summed E-state index contributed by atoms with van der Waals surface area (Å²) in [5.74, 6) is 0.361. The highest BCUT2D eigenvalue weighted by molar-refractivity contribution is 7.99. The van der Waals surface area contributed by atoms with Crippen LogP contribution in [0, 0.1) is 0 Å². The summed E-state index contributed by atoms with van der Waals surface area (Å²) >= 11 is 1.30. The van der Waals surface area contributed by atoms with Crippen molar-refractivity contribution in [1.82, 2.24) is 14.6 Å². The quantitative estimate of drug-likeness (QED) is 0.531. The van der Waals surface area contributed by atoms with Crippen LogP contribution in [0.1, 0.15) is 19.3 Å². The fraction of sp³-hybridized carbons (Fsp3) is 0.286. The van der Waals surface area contributed by atoms with Crippen LogP contribution >= 0.6 is 11.8 Å². The zero-order chi connectivity index (χ0) is 19.3. The zero-order valence-corrected chi connectivity index (χ0v) is 16.3. The highest BCUT2D eigenvalue weighted by Gasteiger charge is 2.19. The topological polar surface area (TPSA) is 67.2 Å². The molecular weight excluding hydrogens is 372 g/mol. The average molecular weight is 395 g/mol. The molecule has 2 aromatic carbocycles. The van der Waals surface area contributed by atoms with Crippen LogP contribution in [0.15, 0.2) is 64.5 Å². The van der Waals surface area contributed by atoms with E-state index in [2.05, 4.69) is 10.4 Å². The molecule has 2 heterocycles. The first-order chi connectivity index (χ1) is 13.7. The van der Waals surface area contributed by atoms with Gasteiger partial charge in [-0.15, -0.1) is 0 Å². The van der Waals surface area contributed by atoms with E-state index in [9.17, 15) is 9.59 Å². The molecule has 7 heteroatoms. The number of benzene rings is 2. The van der Waals surface area contributed by atoms with Gasteiger partial charge in [0.25, 0.3) is 5.56 Å². The van der Waals surface area contributed by atoms with Crippen molar-refractivity contribution in [1.29, 1.82) is 0 Å². The Kier molecular flexibility index (Phi) is 5.62. The summed E-state index contributed by atoms with van der Waals surface area (Å²) in [6.07, 6.45) is 3.31. The van der Waals surface area contributed by atoms with Gasteiger partial charge in [0.1, 0.15) is 0 Å². The third-order valence-corrected chi connectivity index (χ3v) is 5.72. The highest BCUT2D eigenvalue weighted by atomic mass is 32.2. The second-order valence-corrected chi connectivity index (χ2v) is 7.70. The number of anilines is 1. The second-order valence-electron chi connectivity index (χ2n) is 6.76. The van der Waals surface area contributed by atoms with E-state index in [1.807, 2.05) is 53.4 Å². The van der Waals surface area contributed by atoms with Gasteiger partial charge in [-0.05, 0) is 43.5 Å². The predicted molar refractivity (Wildman–Crippen MR) is 113 cm³/mol. The molecule has 0 radical (unpaired) electrons. The Morgan fingerprint density at radius 2 is 1.71 bits per heavy atom. The lowest BCUT2D eigenvalue weighted by atomic mass is 10.1. The Morgan fingerprint density at radius 3 is 2.50 bits per heavy atom. The van der Waals surface area contributed by atoms with Gasteiger partial charge in [-0.25, -0.2) is 4.98 Å². The van der Waals surface area contributed by atoms with Gasteiger partial charge in [-0.1, -0.05) is 42.1 Å². The number of hydrogen-bond acceptors (Lipinski definition) is 5. The summed E-state index contributed by atoms with van der Waals surface area (Å²) in [4.78, 5) is 32.2. The molecule has 0 atom stereocenters. The minimum absolute atomic E-state index is 0.0957. The molecule has 0 aliphatic carbocycles. The first kappa shape index (κ1) is 18.6. The van der Waals surface area contributed by atoms with E-state index in [-0.39, 0.29) is 17.2 Å². The standard InChI is InChI=1S/C21H22N4O2S/c26-19(24-13-7-2-8-14-24)15-28-21-22-18-12-6-5-11-17(18)20(27)25(21)23-16-9-3-1-4-10-16/h1,3-6,9-12,23H,2,7-8,13-15H2. The molecule has 4 rings (SSSR count). The van der Waals surface area contributed by atoms with Crippen molar-refractivity contribution in [3.63, 3.8) is 0 Å². The summed E-state index contributed by atoms with van der Waals surface area (Å²) in [7, 11) is 0. The van der Waals surface area contributed by atoms with Crippen LogP contribution in [0.4, 0.5) is 5.69 Å². The summed E-state index contributed by atoms with van der Waals surface area (Å²) in [6, 6.07) is 16.7. The Morgan fingerprint density at radius 1 is 1.00 bits per heavy atom. The molecule has 0 saturated carbocycles. The minimum Gasteiger partial charge on any atom is -0.342 e. The molecule has 0 spiro atoms. The van der Waals surface area contributed by atoms with Crippen LogP contribution in [-0.2, 0) is 4.79 Å². The van der Waals surface area contributed by atoms with Gasteiger partial charge in [0.05, 0.1) is 22.3 Å². The maximum Gasteiger partial charge on any atom is 0.280 e. The number of para-hydroxylation sites is 2. The van der Waals surface area contributed by atoms with E-state index in [4.69, 9.17) is 0 Å². The third kappa shape index (κ3) is 4.04. The highest BCUT2D eigenvalue weighted by Crippen LogP contribution is 2.20. The number of hydrogen-bond donors (Lipinski definition) is 1. The van der Waals surface area contributed by atoms with Gasteiger partial charge in [-0.3, -0.25) is 15.0 Å². The number of fused-ring (bicyclic) bond motifs is 1.